The highest BCUT2D eigenvalue weighted by Crippen LogP contribution is 2.29. The zero-order chi connectivity index (χ0) is 24.6. The molecule has 0 bridgehead atoms. The molecule has 1 amide bonds. The predicted molar refractivity (Wildman–Crippen MR) is 141 cm³/mol. The first-order valence-corrected chi connectivity index (χ1v) is 12.4. The van der Waals surface area contributed by atoms with Crippen LogP contribution >= 0.6 is 0 Å². The molecule has 4 aromatic heterocycles. The van der Waals surface area contributed by atoms with Gasteiger partial charge in [-0.1, -0.05) is 12.1 Å². The van der Waals surface area contributed by atoms with Crippen molar-refractivity contribution in [3.8, 4) is 0 Å². The SMILES string of the molecule is Cc1cccc(Cn2nc(C)c3c(NC(=O)c4cnc5cc(C6CCNCC6)ccn45)cccc32)n1. The van der Waals surface area contributed by atoms with E-state index in [4.69, 9.17) is 5.10 Å². The summed E-state index contributed by atoms with van der Waals surface area (Å²) in [4.78, 5) is 22.5. The zero-order valence-electron chi connectivity index (χ0n) is 20.5. The second-order valence-corrected chi connectivity index (χ2v) is 9.52. The van der Waals surface area contributed by atoms with Crippen molar-refractivity contribution in [1.82, 2.24) is 29.5 Å². The van der Waals surface area contributed by atoms with Crippen LogP contribution in [0.1, 0.15) is 51.9 Å². The summed E-state index contributed by atoms with van der Waals surface area (Å²) < 4.78 is 3.80. The van der Waals surface area contributed by atoms with Crippen molar-refractivity contribution in [3.63, 3.8) is 0 Å². The van der Waals surface area contributed by atoms with Crippen LogP contribution in [-0.4, -0.2) is 43.1 Å². The number of aryl methyl sites for hydroxylation is 2. The maximum Gasteiger partial charge on any atom is 0.274 e. The normalized spacial score (nSPS) is 14.5. The van der Waals surface area contributed by atoms with Crippen molar-refractivity contribution in [2.75, 3.05) is 18.4 Å². The van der Waals surface area contributed by atoms with Gasteiger partial charge in [-0.3, -0.25) is 18.9 Å². The van der Waals surface area contributed by atoms with Gasteiger partial charge in [-0.15, -0.1) is 0 Å². The molecule has 36 heavy (non-hydrogen) atoms. The Bertz CT molecular complexity index is 1580. The van der Waals surface area contributed by atoms with Crippen molar-refractivity contribution in [2.45, 2.75) is 39.2 Å². The Morgan fingerprint density at radius 3 is 2.78 bits per heavy atom. The molecule has 0 unspecified atom stereocenters. The number of imidazole rings is 1. The number of hydrogen-bond acceptors (Lipinski definition) is 5. The second-order valence-electron chi connectivity index (χ2n) is 9.52. The van der Waals surface area contributed by atoms with E-state index in [0.717, 1.165) is 65.3 Å². The van der Waals surface area contributed by atoms with Crippen LogP contribution in [-0.2, 0) is 6.54 Å². The fourth-order valence-corrected chi connectivity index (χ4v) is 5.25. The van der Waals surface area contributed by atoms with Crippen LogP contribution in [0.2, 0.25) is 0 Å². The largest absolute Gasteiger partial charge is 0.320 e. The number of rotatable bonds is 5. The number of carbonyl (C=O) groups is 1. The van der Waals surface area contributed by atoms with Crippen LogP contribution in [0.3, 0.4) is 0 Å². The highest BCUT2D eigenvalue weighted by molar-refractivity contribution is 6.08. The average Bonchev–Trinajstić information content (AvgIpc) is 3.46. The number of aromatic nitrogens is 5. The summed E-state index contributed by atoms with van der Waals surface area (Å²) in [6.07, 6.45) is 5.87. The summed E-state index contributed by atoms with van der Waals surface area (Å²) in [5, 5.41) is 12.2. The number of amides is 1. The van der Waals surface area contributed by atoms with E-state index in [-0.39, 0.29) is 5.91 Å². The first-order valence-electron chi connectivity index (χ1n) is 12.4. The van der Waals surface area contributed by atoms with Gasteiger partial charge in [0.25, 0.3) is 5.91 Å². The lowest BCUT2D eigenvalue weighted by Crippen LogP contribution is -2.26. The first-order chi connectivity index (χ1) is 17.6. The highest BCUT2D eigenvalue weighted by atomic mass is 16.1. The number of nitrogens with one attached hydrogen (secondary N) is 2. The Morgan fingerprint density at radius 1 is 1.11 bits per heavy atom. The van der Waals surface area contributed by atoms with Crippen molar-refractivity contribution in [2.24, 2.45) is 0 Å². The van der Waals surface area contributed by atoms with E-state index in [9.17, 15) is 4.79 Å². The Balaban J connectivity index is 1.28. The summed E-state index contributed by atoms with van der Waals surface area (Å²) in [6, 6.07) is 16.1. The van der Waals surface area contributed by atoms with Gasteiger partial charge in [0.15, 0.2) is 0 Å². The molecular weight excluding hydrogens is 450 g/mol. The van der Waals surface area contributed by atoms with E-state index in [1.54, 1.807) is 6.20 Å². The zero-order valence-corrected chi connectivity index (χ0v) is 20.5. The van der Waals surface area contributed by atoms with Crippen molar-refractivity contribution in [1.29, 1.82) is 0 Å². The van der Waals surface area contributed by atoms with Crippen molar-refractivity contribution < 1.29 is 4.79 Å². The molecule has 1 aromatic carbocycles. The van der Waals surface area contributed by atoms with Gasteiger partial charge in [-0.2, -0.15) is 5.10 Å². The molecule has 0 aliphatic carbocycles. The molecule has 0 saturated carbocycles. The molecule has 5 aromatic rings. The summed E-state index contributed by atoms with van der Waals surface area (Å²) in [7, 11) is 0. The number of benzene rings is 1. The minimum atomic E-state index is -0.197. The number of hydrogen-bond donors (Lipinski definition) is 2. The molecule has 6 rings (SSSR count). The molecule has 0 atom stereocenters. The van der Waals surface area contributed by atoms with E-state index in [0.29, 0.717) is 18.2 Å². The molecule has 5 heterocycles. The molecule has 0 radical (unpaired) electrons. The van der Waals surface area contributed by atoms with Gasteiger partial charge in [0.1, 0.15) is 11.3 Å². The van der Waals surface area contributed by atoms with Gasteiger partial charge in [-0.25, -0.2) is 4.98 Å². The number of piperidine rings is 1. The topological polar surface area (TPSA) is 89.1 Å². The van der Waals surface area contributed by atoms with E-state index in [1.807, 2.05) is 65.5 Å². The smallest absolute Gasteiger partial charge is 0.274 e. The summed E-state index contributed by atoms with van der Waals surface area (Å²) >= 11 is 0. The molecule has 1 fully saturated rings. The third-order valence-corrected chi connectivity index (χ3v) is 7.04. The fourth-order valence-electron chi connectivity index (χ4n) is 5.25. The summed E-state index contributed by atoms with van der Waals surface area (Å²) in [6.45, 7) is 6.60. The lowest BCUT2D eigenvalue weighted by molar-refractivity contribution is 0.102. The van der Waals surface area contributed by atoms with Crippen LogP contribution < -0.4 is 10.6 Å². The number of pyridine rings is 2. The number of carbonyl (C=O) groups excluding carboxylic acids is 1. The van der Waals surface area contributed by atoms with Gasteiger partial charge in [0.2, 0.25) is 0 Å². The average molecular weight is 480 g/mol. The Labute approximate surface area is 209 Å². The van der Waals surface area contributed by atoms with Gasteiger partial charge < -0.3 is 10.6 Å². The third-order valence-electron chi connectivity index (χ3n) is 7.04. The van der Waals surface area contributed by atoms with Crippen molar-refractivity contribution >= 4 is 28.1 Å². The van der Waals surface area contributed by atoms with Crippen LogP contribution in [0.15, 0.2) is 60.9 Å². The maximum atomic E-state index is 13.3. The van der Waals surface area contributed by atoms with Gasteiger partial charge in [0.05, 0.1) is 35.3 Å². The van der Waals surface area contributed by atoms with Crippen LogP contribution in [0, 0.1) is 13.8 Å². The molecule has 1 aliphatic rings. The molecule has 1 aliphatic heterocycles. The molecule has 8 nitrogen and oxygen atoms in total. The molecule has 2 N–H and O–H groups in total. The maximum absolute atomic E-state index is 13.3. The molecule has 0 spiro atoms. The fraction of sp³-hybridized carbons (Fsp3) is 0.286. The molecule has 8 heteroatoms. The predicted octanol–water partition coefficient (Wildman–Crippen LogP) is 4.46. The van der Waals surface area contributed by atoms with Gasteiger partial charge >= 0.3 is 0 Å². The molecular formula is C28H29N7O. The van der Waals surface area contributed by atoms with Gasteiger partial charge in [-0.05, 0) is 87.7 Å². The minimum Gasteiger partial charge on any atom is -0.320 e. The third kappa shape index (κ3) is 4.13. The minimum absolute atomic E-state index is 0.197. The summed E-state index contributed by atoms with van der Waals surface area (Å²) in [5.74, 6) is 0.342. The van der Waals surface area contributed by atoms with Crippen LogP contribution in [0.5, 0.6) is 0 Å². The highest BCUT2D eigenvalue weighted by Gasteiger charge is 2.19. The Kier molecular flexibility index (Phi) is 5.73. The van der Waals surface area contributed by atoms with Crippen LogP contribution in [0.25, 0.3) is 16.6 Å². The molecule has 1 saturated heterocycles. The Hall–Kier alpha value is -4.04. The van der Waals surface area contributed by atoms with E-state index in [2.05, 4.69) is 32.7 Å². The van der Waals surface area contributed by atoms with E-state index in [1.165, 1.54) is 5.56 Å². The standard InChI is InChI=1S/C28H29N7O/c1-18-5-3-6-22(31-18)17-35-24-8-4-7-23(27(24)19(2)33-35)32-28(36)25-16-30-26-15-21(11-14-34(25)26)20-9-12-29-13-10-20/h3-8,11,14-16,20,29H,9-10,12-13,17H2,1-2H3,(H,32,36). The van der Waals surface area contributed by atoms with E-state index < -0.39 is 0 Å². The van der Waals surface area contributed by atoms with Gasteiger partial charge in [0, 0.05) is 17.3 Å². The quantitative estimate of drug-likeness (QED) is 0.388. The number of anilines is 1. The lowest BCUT2D eigenvalue weighted by Gasteiger charge is -2.23. The molecule has 182 valence electrons. The first kappa shape index (κ1) is 22.4. The monoisotopic (exact) mass is 479 g/mol. The van der Waals surface area contributed by atoms with E-state index >= 15 is 0 Å². The summed E-state index contributed by atoms with van der Waals surface area (Å²) in [5.41, 5.74) is 7.07. The lowest BCUT2D eigenvalue weighted by atomic mass is 9.91. The Morgan fingerprint density at radius 2 is 1.94 bits per heavy atom. The van der Waals surface area contributed by atoms with Crippen LogP contribution in [0.4, 0.5) is 5.69 Å². The van der Waals surface area contributed by atoms with Crippen molar-refractivity contribution in [3.05, 3.63) is 89.3 Å². The second kappa shape index (κ2) is 9.20. The number of nitrogens with zero attached hydrogens (tertiary/aromatic N) is 5. The number of fused-ring (bicyclic) bond motifs is 2.